The average Bonchev–Trinajstić information content (AvgIpc) is 2.39. The van der Waals surface area contributed by atoms with Crippen LogP contribution in [0, 0.1) is 0 Å². The normalized spacial score (nSPS) is 12.1. The lowest BCUT2D eigenvalue weighted by Crippen LogP contribution is -2.12. The quantitative estimate of drug-likeness (QED) is 0.772. The van der Waals surface area contributed by atoms with Gasteiger partial charge in [-0.05, 0) is 31.0 Å². The molecular formula is C13H21NO4. The van der Waals surface area contributed by atoms with Gasteiger partial charge in [0.15, 0.2) is 11.5 Å². The van der Waals surface area contributed by atoms with Crippen molar-refractivity contribution in [3.8, 4) is 17.2 Å². The van der Waals surface area contributed by atoms with Crippen LogP contribution in [0.2, 0.25) is 0 Å². The average molecular weight is 255 g/mol. The number of methoxy groups -OCH3 is 2. The van der Waals surface area contributed by atoms with E-state index in [0.29, 0.717) is 30.3 Å². The van der Waals surface area contributed by atoms with Crippen LogP contribution in [0.1, 0.15) is 24.9 Å². The molecule has 5 nitrogen and oxygen atoms in total. The van der Waals surface area contributed by atoms with Gasteiger partial charge in [0.25, 0.3) is 0 Å². The van der Waals surface area contributed by atoms with Gasteiger partial charge in [0.1, 0.15) is 0 Å². The molecule has 0 amide bonds. The maximum absolute atomic E-state index is 8.92. The highest BCUT2D eigenvalue weighted by Crippen LogP contribution is 2.40. The SMILES string of the molecule is CCOc1c(OC)cc(C(N)CCO)cc1OC. The molecule has 0 heterocycles. The number of aliphatic hydroxyl groups is 1. The van der Waals surface area contributed by atoms with Gasteiger partial charge in [-0.1, -0.05) is 0 Å². The van der Waals surface area contributed by atoms with Crippen LogP contribution in [0.15, 0.2) is 12.1 Å². The van der Waals surface area contributed by atoms with Gasteiger partial charge in [-0.3, -0.25) is 0 Å². The van der Waals surface area contributed by atoms with Crippen LogP contribution in [0.25, 0.3) is 0 Å². The minimum Gasteiger partial charge on any atom is -0.493 e. The highest BCUT2D eigenvalue weighted by Gasteiger charge is 2.16. The van der Waals surface area contributed by atoms with E-state index in [2.05, 4.69) is 0 Å². The zero-order valence-corrected chi connectivity index (χ0v) is 11.1. The first-order valence-electron chi connectivity index (χ1n) is 5.93. The highest BCUT2D eigenvalue weighted by atomic mass is 16.5. The Morgan fingerprint density at radius 2 is 1.78 bits per heavy atom. The second kappa shape index (κ2) is 7.08. The molecule has 0 aromatic heterocycles. The van der Waals surface area contributed by atoms with E-state index in [4.69, 9.17) is 25.1 Å². The van der Waals surface area contributed by atoms with Crippen LogP contribution in [-0.2, 0) is 0 Å². The fraction of sp³-hybridized carbons (Fsp3) is 0.538. The molecule has 18 heavy (non-hydrogen) atoms. The molecule has 5 heteroatoms. The van der Waals surface area contributed by atoms with Crippen molar-refractivity contribution >= 4 is 0 Å². The van der Waals surface area contributed by atoms with Crippen LogP contribution in [0.3, 0.4) is 0 Å². The van der Waals surface area contributed by atoms with Crippen molar-refractivity contribution in [2.24, 2.45) is 5.73 Å². The second-order valence-electron chi connectivity index (χ2n) is 3.81. The highest BCUT2D eigenvalue weighted by molar-refractivity contribution is 5.54. The van der Waals surface area contributed by atoms with E-state index in [1.54, 1.807) is 14.2 Å². The maximum atomic E-state index is 8.92. The molecule has 0 aliphatic heterocycles. The second-order valence-corrected chi connectivity index (χ2v) is 3.81. The molecule has 0 fully saturated rings. The van der Waals surface area contributed by atoms with Crippen LogP contribution in [0.5, 0.6) is 17.2 Å². The minimum atomic E-state index is -0.256. The Balaban J connectivity index is 3.16. The van der Waals surface area contributed by atoms with Gasteiger partial charge in [-0.2, -0.15) is 0 Å². The van der Waals surface area contributed by atoms with E-state index in [-0.39, 0.29) is 12.6 Å². The van der Waals surface area contributed by atoms with E-state index in [0.717, 1.165) is 5.56 Å². The summed E-state index contributed by atoms with van der Waals surface area (Å²) in [6.07, 6.45) is 0.486. The molecule has 1 unspecified atom stereocenters. The Labute approximate surface area is 107 Å². The lowest BCUT2D eigenvalue weighted by molar-refractivity contribution is 0.274. The lowest BCUT2D eigenvalue weighted by Gasteiger charge is -2.18. The zero-order valence-electron chi connectivity index (χ0n) is 11.1. The third-order valence-corrected chi connectivity index (χ3v) is 2.64. The number of benzene rings is 1. The monoisotopic (exact) mass is 255 g/mol. The minimum absolute atomic E-state index is 0.0407. The number of hydrogen-bond donors (Lipinski definition) is 2. The molecule has 1 atom stereocenters. The lowest BCUT2D eigenvalue weighted by atomic mass is 10.0. The molecule has 0 bridgehead atoms. The molecule has 0 aliphatic rings. The summed E-state index contributed by atoms with van der Waals surface area (Å²) in [5.41, 5.74) is 6.81. The van der Waals surface area contributed by atoms with Gasteiger partial charge in [-0.25, -0.2) is 0 Å². The first-order chi connectivity index (χ1) is 8.67. The van der Waals surface area contributed by atoms with Crippen molar-refractivity contribution < 1.29 is 19.3 Å². The van der Waals surface area contributed by atoms with E-state index < -0.39 is 0 Å². The molecule has 1 aromatic rings. The summed E-state index contributed by atoms with van der Waals surface area (Å²) >= 11 is 0. The van der Waals surface area contributed by atoms with Gasteiger partial charge in [0.2, 0.25) is 5.75 Å². The Morgan fingerprint density at radius 3 is 2.17 bits per heavy atom. The Morgan fingerprint density at radius 1 is 1.22 bits per heavy atom. The largest absolute Gasteiger partial charge is 0.493 e. The maximum Gasteiger partial charge on any atom is 0.203 e. The van der Waals surface area contributed by atoms with Gasteiger partial charge >= 0.3 is 0 Å². The predicted molar refractivity (Wildman–Crippen MR) is 69.3 cm³/mol. The van der Waals surface area contributed by atoms with Crippen LogP contribution < -0.4 is 19.9 Å². The molecule has 0 radical (unpaired) electrons. The third-order valence-electron chi connectivity index (χ3n) is 2.64. The summed E-state index contributed by atoms with van der Waals surface area (Å²) < 4.78 is 16.1. The Hall–Kier alpha value is -1.46. The Kier molecular flexibility index (Phi) is 5.74. The fourth-order valence-corrected chi connectivity index (χ4v) is 1.71. The zero-order chi connectivity index (χ0) is 13.5. The van der Waals surface area contributed by atoms with E-state index in [1.807, 2.05) is 19.1 Å². The molecule has 0 aliphatic carbocycles. The summed E-state index contributed by atoms with van der Waals surface area (Å²) in [6.45, 7) is 2.46. The van der Waals surface area contributed by atoms with Gasteiger partial charge in [0.05, 0.1) is 20.8 Å². The molecule has 0 spiro atoms. The first kappa shape index (κ1) is 14.6. The first-order valence-corrected chi connectivity index (χ1v) is 5.93. The predicted octanol–water partition coefficient (Wildman–Crippen LogP) is 1.48. The number of nitrogens with two attached hydrogens (primary N) is 1. The number of hydrogen-bond acceptors (Lipinski definition) is 5. The molecule has 3 N–H and O–H groups in total. The van der Waals surface area contributed by atoms with Crippen LogP contribution in [-0.4, -0.2) is 32.5 Å². The van der Waals surface area contributed by atoms with Crippen molar-refractivity contribution in [3.05, 3.63) is 17.7 Å². The molecule has 102 valence electrons. The molecule has 0 saturated carbocycles. The third kappa shape index (κ3) is 3.27. The fourth-order valence-electron chi connectivity index (χ4n) is 1.71. The topological polar surface area (TPSA) is 73.9 Å². The molecule has 1 aromatic carbocycles. The van der Waals surface area contributed by atoms with Crippen molar-refractivity contribution in [2.45, 2.75) is 19.4 Å². The summed E-state index contributed by atoms with van der Waals surface area (Å²) in [4.78, 5) is 0. The van der Waals surface area contributed by atoms with Gasteiger partial charge in [-0.15, -0.1) is 0 Å². The van der Waals surface area contributed by atoms with E-state index in [1.165, 1.54) is 0 Å². The molecule has 1 rings (SSSR count). The summed E-state index contributed by atoms with van der Waals surface area (Å²) in [6, 6.07) is 3.37. The van der Waals surface area contributed by atoms with Crippen LogP contribution in [0.4, 0.5) is 0 Å². The van der Waals surface area contributed by atoms with Crippen molar-refractivity contribution in [1.29, 1.82) is 0 Å². The van der Waals surface area contributed by atoms with Crippen LogP contribution >= 0.6 is 0 Å². The van der Waals surface area contributed by atoms with Crippen molar-refractivity contribution in [1.82, 2.24) is 0 Å². The van der Waals surface area contributed by atoms with Gasteiger partial charge < -0.3 is 25.1 Å². The molecular weight excluding hydrogens is 234 g/mol. The van der Waals surface area contributed by atoms with E-state index >= 15 is 0 Å². The Bertz CT molecular complexity index is 356. The van der Waals surface area contributed by atoms with Gasteiger partial charge in [0, 0.05) is 12.6 Å². The molecule has 0 saturated heterocycles. The smallest absolute Gasteiger partial charge is 0.203 e. The van der Waals surface area contributed by atoms with E-state index in [9.17, 15) is 0 Å². The van der Waals surface area contributed by atoms with Crippen molar-refractivity contribution in [3.63, 3.8) is 0 Å². The number of ether oxygens (including phenoxy) is 3. The summed E-state index contributed by atoms with van der Waals surface area (Å²) in [5.74, 6) is 1.74. The number of rotatable bonds is 7. The number of aliphatic hydroxyl groups excluding tert-OH is 1. The summed E-state index contributed by atoms with van der Waals surface area (Å²) in [5, 5.41) is 8.92. The summed E-state index contributed by atoms with van der Waals surface area (Å²) in [7, 11) is 3.14. The standard InChI is InChI=1S/C13H21NO4/c1-4-18-13-11(16-2)7-9(8-12(13)17-3)10(14)5-6-15/h7-8,10,15H,4-6,14H2,1-3H3. The van der Waals surface area contributed by atoms with Crippen molar-refractivity contribution in [2.75, 3.05) is 27.4 Å².